The van der Waals surface area contributed by atoms with Crippen molar-refractivity contribution in [1.82, 2.24) is 16.0 Å². The van der Waals surface area contributed by atoms with Crippen molar-refractivity contribution in [2.75, 3.05) is 19.8 Å². The Kier molecular flexibility index (Phi) is 10.3. The Morgan fingerprint density at radius 2 is 1.12 bits per heavy atom. The van der Waals surface area contributed by atoms with Gasteiger partial charge in [-0.2, -0.15) is 0 Å². The minimum absolute atomic E-state index is 0.0744. The summed E-state index contributed by atoms with van der Waals surface area (Å²) in [4.78, 5) is 46.0. The Balaban J connectivity index is 4.86. The lowest BCUT2D eigenvalue weighted by atomic mass is 10.2. The molecule has 144 valence electrons. The lowest BCUT2D eigenvalue weighted by Gasteiger charge is -2.22. The number of aliphatic carboxylic acids is 1. The third kappa shape index (κ3) is 7.43. The van der Waals surface area contributed by atoms with Crippen LogP contribution in [0.2, 0.25) is 0 Å². The molecular formula is C13H23N3O9. The van der Waals surface area contributed by atoms with Gasteiger partial charge in [-0.25, -0.2) is 4.79 Å². The second-order valence-corrected chi connectivity index (χ2v) is 4.99. The first-order valence-corrected chi connectivity index (χ1v) is 7.36. The van der Waals surface area contributed by atoms with Gasteiger partial charge in [0, 0.05) is 0 Å². The van der Waals surface area contributed by atoms with Crippen LogP contribution in [-0.2, 0) is 19.2 Å². The average Bonchev–Trinajstić information content (AvgIpc) is 2.59. The quantitative estimate of drug-likeness (QED) is 0.177. The number of carbonyl (C=O) groups is 4. The standard InChI is InChI=1S/C13H23N3O9/c1-2-9(20)12(23)15-7(4-18)10(21)14-6(3-17)11(22)16-8(5-19)13(24)25/h6-9,17-20H,2-5H2,1H3,(H,14,21)(H,15,23)(H,16,22)(H,24,25)/t6-,7-,8-,9?/m0/s1. The second-order valence-electron chi connectivity index (χ2n) is 4.99. The molecule has 0 saturated heterocycles. The van der Waals surface area contributed by atoms with Crippen LogP contribution in [0.5, 0.6) is 0 Å². The number of carboxylic acids is 1. The summed E-state index contributed by atoms with van der Waals surface area (Å²) >= 11 is 0. The van der Waals surface area contributed by atoms with Gasteiger partial charge >= 0.3 is 5.97 Å². The molecule has 0 aliphatic rings. The molecule has 25 heavy (non-hydrogen) atoms. The van der Waals surface area contributed by atoms with Crippen molar-refractivity contribution in [1.29, 1.82) is 0 Å². The maximum absolute atomic E-state index is 12.0. The van der Waals surface area contributed by atoms with Crippen molar-refractivity contribution < 1.29 is 44.7 Å². The van der Waals surface area contributed by atoms with Crippen LogP contribution in [0.1, 0.15) is 13.3 Å². The van der Waals surface area contributed by atoms with Gasteiger partial charge in [0.25, 0.3) is 0 Å². The van der Waals surface area contributed by atoms with E-state index in [-0.39, 0.29) is 6.42 Å². The fourth-order valence-electron chi connectivity index (χ4n) is 1.57. The molecule has 0 saturated carbocycles. The molecule has 0 aromatic carbocycles. The molecule has 0 heterocycles. The molecule has 0 aliphatic heterocycles. The number of carboxylic acid groups (broad SMARTS) is 1. The first-order chi connectivity index (χ1) is 11.7. The molecule has 4 atom stereocenters. The molecule has 0 radical (unpaired) electrons. The van der Waals surface area contributed by atoms with Crippen molar-refractivity contribution in [2.45, 2.75) is 37.6 Å². The minimum atomic E-state index is -1.63. The van der Waals surface area contributed by atoms with Gasteiger partial charge in [-0.15, -0.1) is 0 Å². The van der Waals surface area contributed by atoms with E-state index in [9.17, 15) is 24.3 Å². The van der Waals surface area contributed by atoms with Crippen molar-refractivity contribution >= 4 is 23.7 Å². The molecule has 12 heteroatoms. The van der Waals surface area contributed by atoms with Gasteiger partial charge in [0.05, 0.1) is 19.8 Å². The maximum Gasteiger partial charge on any atom is 0.328 e. The third-order valence-electron chi connectivity index (χ3n) is 3.12. The zero-order valence-electron chi connectivity index (χ0n) is 13.5. The molecule has 0 spiro atoms. The highest BCUT2D eigenvalue weighted by atomic mass is 16.4. The lowest BCUT2D eigenvalue weighted by Crippen LogP contribution is -2.58. The van der Waals surface area contributed by atoms with Gasteiger partial charge in [0.15, 0.2) is 0 Å². The molecule has 0 bridgehead atoms. The topological polar surface area (TPSA) is 206 Å². The molecule has 0 aromatic heterocycles. The van der Waals surface area contributed by atoms with Crippen LogP contribution < -0.4 is 16.0 Å². The number of aliphatic hydroxyl groups excluding tert-OH is 4. The summed E-state index contributed by atoms with van der Waals surface area (Å²) < 4.78 is 0. The lowest BCUT2D eigenvalue weighted by molar-refractivity contribution is -0.143. The molecule has 0 rings (SSSR count). The number of aliphatic hydroxyl groups is 4. The number of amides is 3. The molecule has 0 aromatic rings. The summed E-state index contributed by atoms with van der Waals surface area (Å²) in [6.45, 7) is -1.14. The van der Waals surface area contributed by atoms with Crippen LogP contribution in [0.15, 0.2) is 0 Å². The largest absolute Gasteiger partial charge is 0.480 e. The summed E-state index contributed by atoms with van der Waals surface area (Å²) in [6, 6.07) is -4.71. The number of nitrogens with one attached hydrogen (secondary N) is 3. The SMILES string of the molecule is CCC(O)C(=O)N[C@@H](CO)C(=O)N[C@@H](CO)C(=O)N[C@@H](CO)C(=O)O. The molecule has 1 unspecified atom stereocenters. The van der Waals surface area contributed by atoms with E-state index >= 15 is 0 Å². The zero-order chi connectivity index (χ0) is 19.6. The van der Waals surface area contributed by atoms with E-state index in [2.05, 4.69) is 5.32 Å². The number of hydrogen-bond donors (Lipinski definition) is 8. The smallest absolute Gasteiger partial charge is 0.328 e. The van der Waals surface area contributed by atoms with E-state index < -0.39 is 67.7 Å². The summed E-state index contributed by atoms with van der Waals surface area (Å²) in [6.07, 6.45) is -1.31. The first-order valence-electron chi connectivity index (χ1n) is 7.36. The molecule has 12 nitrogen and oxygen atoms in total. The van der Waals surface area contributed by atoms with E-state index in [0.29, 0.717) is 0 Å². The van der Waals surface area contributed by atoms with Gasteiger partial charge in [0.2, 0.25) is 17.7 Å². The molecular weight excluding hydrogens is 342 g/mol. The van der Waals surface area contributed by atoms with Crippen molar-refractivity contribution in [2.24, 2.45) is 0 Å². The molecule has 0 aliphatic carbocycles. The normalized spacial score (nSPS) is 15.4. The van der Waals surface area contributed by atoms with Crippen molar-refractivity contribution in [3.8, 4) is 0 Å². The Morgan fingerprint density at radius 1 is 0.760 bits per heavy atom. The Labute approximate surface area is 142 Å². The van der Waals surface area contributed by atoms with Gasteiger partial charge in [0.1, 0.15) is 24.2 Å². The highest BCUT2D eigenvalue weighted by molar-refractivity contribution is 5.94. The Bertz CT molecular complexity index is 485. The fraction of sp³-hybridized carbons (Fsp3) is 0.692. The first kappa shape index (κ1) is 22.7. The predicted molar refractivity (Wildman–Crippen MR) is 81.0 cm³/mol. The number of hydrogen-bond acceptors (Lipinski definition) is 8. The summed E-state index contributed by atoms with van der Waals surface area (Å²) in [5.74, 6) is -4.56. The highest BCUT2D eigenvalue weighted by Crippen LogP contribution is 1.94. The summed E-state index contributed by atoms with van der Waals surface area (Å²) in [5.41, 5.74) is 0. The van der Waals surface area contributed by atoms with Crippen LogP contribution in [0.25, 0.3) is 0 Å². The van der Waals surface area contributed by atoms with Crippen LogP contribution in [0.3, 0.4) is 0 Å². The maximum atomic E-state index is 12.0. The molecule has 0 fully saturated rings. The van der Waals surface area contributed by atoms with Crippen molar-refractivity contribution in [3.05, 3.63) is 0 Å². The van der Waals surface area contributed by atoms with E-state index in [1.807, 2.05) is 10.6 Å². The number of carbonyl (C=O) groups excluding carboxylic acids is 3. The minimum Gasteiger partial charge on any atom is -0.480 e. The highest BCUT2D eigenvalue weighted by Gasteiger charge is 2.29. The van der Waals surface area contributed by atoms with Crippen LogP contribution in [-0.4, -0.2) is 93.3 Å². The van der Waals surface area contributed by atoms with Gasteiger partial charge in [-0.3, -0.25) is 14.4 Å². The molecule has 3 amide bonds. The Hall–Kier alpha value is -2.28. The van der Waals surface area contributed by atoms with Gasteiger partial charge < -0.3 is 41.5 Å². The molecule has 8 N–H and O–H groups in total. The van der Waals surface area contributed by atoms with Crippen molar-refractivity contribution in [3.63, 3.8) is 0 Å². The van der Waals surface area contributed by atoms with Crippen LogP contribution >= 0.6 is 0 Å². The van der Waals surface area contributed by atoms with Gasteiger partial charge in [-0.1, -0.05) is 6.92 Å². The Morgan fingerprint density at radius 3 is 1.44 bits per heavy atom. The van der Waals surface area contributed by atoms with Crippen LogP contribution in [0, 0.1) is 0 Å². The second kappa shape index (κ2) is 11.3. The average molecular weight is 365 g/mol. The van der Waals surface area contributed by atoms with Crippen LogP contribution in [0.4, 0.5) is 0 Å². The number of rotatable bonds is 11. The van der Waals surface area contributed by atoms with E-state index in [1.54, 1.807) is 0 Å². The van der Waals surface area contributed by atoms with E-state index in [4.69, 9.17) is 20.4 Å². The zero-order valence-corrected chi connectivity index (χ0v) is 13.5. The summed E-state index contributed by atoms with van der Waals surface area (Å²) in [7, 11) is 0. The fourth-order valence-corrected chi connectivity index (χ4v) is 1.57. The van der Waals surface area contributed by atoms with E-state index in [0.717, 1.165) is 0 Å². The predicted octanol–water partition coefficient (Wildman–Crippen LogP) is -4.73. The van der Waals surface area contributed by atoms with Gasteiger partial charge in [-0.05, 0) is 6.42 Å². The summed E-state index contributed by atoms with van der Waals surface area (Å²) in [5, 5.41) is 51.2. The monoisotopic (exact) mass is 365 g/mol. The third-order valence-corrected chi connectivity index (χ3v) is 3.12. The van der Waals surface area contributed by atoms with E-state index in [1.165, 1.54) is 6.92 Å².